The molecule has 62 heavy (non-hydrogen) atoms. The van der Waals surface area contributed by atoms with Crippen LogP contribution in [-0.2, 0) is 5.41 Å². The highest BCUT2D eigenvalue weighted by molar-refractivity contribution is 6.95. The maximum absolute atomic E-state index is 2.75. The van der Waals surface area contributed by atoms with Gasteiger partial charge in [-0.15, -0.1) is 0 Å². The zero-order chi connectivity index (χ0) is 41.1. The topological polar surface area (TPSA) is 13.0 Å². The van der Waals surface area contributed by atoms with Crippen molar-refractivity contribution in [1.29, 1.82) is 0 Å². The van der Waals surface area contributed by atoms with Gasteiger partial charge in [0.2, 0.25) is 0 Å². The van der Waals surface area contributed by atoms with Crippen molar-refractivity contribution in [2.45, 2.75) is 19.3 Å². The summed E-state index contributed by atoms with van der Waals surface area (Å²) in [6, 6.07) is 78.1. The SMILES string of the molecule is CC1(C)c2cc(N(c3ccccc3)c3ccccc3)cc3c2N2B4c5c-3cccc5N(c3ccccc3)c3cccc(c34)-c3cc(N(c4ccccc4)c4ccccc4)cc1c32. The van der Waals surface area contributed by atoms with E-state index < -0.39 is 0 Å². The molecule has 0 N–H and O–H groups in total. The second-order valence-corrected chi connectivity index (χ2v) is 17.3. The molecule has 0 amide bonds. The van der Waals surface area contributed by atoms with Gasteiger partial charge >= 0.3 is 6.85 Å². The fraction of sp³-hybridized carbons (Fsp3) is 0.0526. The molecule has 0 aliphatic carbocycles. The zero-order valence-corrected chi connectivity index (χ0v) is 34.6. The second kappa shape index (κ2) is 13.1. The van der Waals surface area contributed by atoms with Gasteiger partial charge in [0.25, 0.3) is 0 Å². The molecule has 9 aromatic rings. The van der Waals surface area contributed by atoms with Crippen LogP contribution in [0.25, 0.3) is 22.3 Å². The Morgan fingerprint density at radius 2 is 0.742 bits per heavy atom. The molecule has 0 spiro atoms. The molecule has 0 bridgehead atoms. The van der Waals surface area contributed by atoms with Gasteiger partial charge < -0.3 is 19.5 Å². The van der Waals surface area contributed by atoms with E-state index in [0.29, 0.717) is 0 Å². The van der Waals surface area contributed by atoms with Crippen molar-refractivity contribution in [3.05, 3.63) is 223 Å². The van der Waals surface area contributed by atoms with Gasteiger partial charge in [0, 0.05) is 79.1 Å². The average molecular weight is 793 g/mol. The Morgan fingerprint density at radius 3 is 1.13 bits per heavy atom. The number of hydrogen-bond acceptors (Lipinski definition) is 4. The lowest BCUT2D eigenvalue weighted by atomic mass is 9.40. The number of para-hydroxylation sites is 5. The van der Waals surface area contributed by atoms with E-state index in [1.165, 1.54) is 67.1 Å². The summed E-state index contributed by atoms with van der Waals surface area (Å²) in [5, 5.41) is 0. The van der Waals surface area contributed by atoms with E-state index in [1.54, 1.807) is 0 Å². The number of fused-ring (bicyclic) bond motifs is 2. The molecule has 0 unspecified atom stereocenters. The number of hydrogen-bond donors (Lipinski definition) is 0. The first-order chi connectivity index (χ1) is 30.6. The first-order valence-electron chi connectivity index (χ1n) is 21.6. The Bertz CT molecular complexity index is 2950. The van der Waals surface area contributed by atoms with Crippen LogP contribution >= 0.6 is 0 Å². The van der Waals surface area contributed by atoms with Crippen LogP contribution in [0.4, 0.5) is 62.6 Å². The summed E-state index contributed by atoms with van der Waals surface area (Å²) in [5.41, 5.74) is 23.1. The Labute approximate surface area is 363 Å². The lowest BCUT2D eigenvalue weighted by Gasteiger charge is -2.54. The third-order valence-corrected chi connectivity index (χ3v) is 13.6. The van der Waals surface area contributed by atoms with Crippen LogP contribution in [0, 0.1) is 0 Å². The quantitative estimate of drug-likeness (QED) is 0.149. The second-order valence-electron chi connectivity index (χ2n) is 17.3. The number of nitrogens with zero attached hydrogens (tertiary/aromatic N) is 4. The summed E-state index contributed by atoms with van der Waals surface area (Å²) in [7, 11) is 0. The van der Waals surface area contributed by atoms with Crippen LogP contribution in [0.3, 0.4) is 0 Å². The smallest absolute Gasteiger partial charge is 0.333 e. The van der Waals surface area contributed by atoms with Crippen molar-refractivity contribution in [1.82, 2.24) is 0 Å². The molecule has 0 saturated carbocycles. The van der Waals surface area contributed by atoms with Crippen LogP contribution in [0.1, 0.15) is 25.0 Å². The first-order valence-corrected chi connectivity index (χ1v) is 21.6. The highest BCUT2D eigenvalue weighted by atomic mass is 15.2. The summed E-state index contributed by atoms with van der Waals surface area (Å²) in [6.45, 7) is 4.89. The summed E-state index contributed by atoms with van der Waals surface area (Å²) in [5.74, 6) is 0. The van der Waals surface area contributed by atoms with Gasteiger partial charge in [0.15, 0.2) is 0 Å². The molecule has 13 rings (SSSR count). The fourth-order valence-corrected chi connectivity index (χ4v) is 11.0. The Balaban J connectivity index is 1.17. The normalized spacial score (nSPS) is 14.0. The Hall–Kier alpha value is -7.76. The van der Waals surface area contributed by atoms with Gasteiger partial charge in [0.05, 0.1) is 0 Å². The van der Waals surface area contributed by atoms with Gasteiger partial charge in [-0.2, -0.15) is 0 Å². The molecule has 4 heterocycles. The van der Waals surface area contributed by atoms with E-state index in [1.807, 2.05) is 0 Å². The van der Waals surface area contributed by atoms with Crippen molar-refractivity contribution in [2.75, 3.05) is 19.5 Å². The first kappa shape index (κ1) is 35.0. The average Bonchev–Trinajstić information content (AvgIpc) is 3.33. The van der Waals surface area contributed by atoms with Crippen LogP contribution in [0.15, 0.2) is 212 Å². The van der Waals surface area contributed by atoms with E-state index in [-0.39, 0.29) is 12.3 Å². The Morgan fingerprint density at radius 1 is 0.371 bits per heavy atom. The van der Waals surface area contributed by atoms with Gasteiger partial charge in [-0.1, -0.05) is 129 Å². The molecule has 4 aliphatic rings. The molecule has 0 saturated heterocycles. The summed E-state index contributed by atoms with van der Waals surface area (Å²) >= 11 is 0. The highest BCUT2D eigenvalue weighted by Crippen LogP contribution is 2.62. The third kappa shape index (κ3) is 4.85. The number of benzene rings is 9. The fourth-order valence-electron chi connectivity index (χ4n) is 11.0. The molecule has 0 fully saturated rings. The highest BCUT2D eigenvalue weighted by Gasteiger charge is 2.54. The molecular formula is C57H41BN4. The molecule has 0 atom stereocenters. The molecule has 5 heteroatoms. The molecule has 0 aromatic heterocycles. The third-order valence-electron chi connectivity index (χ3n) is 13.6. The minimum atomic E-state index is -0.385. The van der Waals surface area contributed by atoms with E-state index in [4.69, 9.17) is 0 Å². The largest absolute Gasteiger partial charge is 0.375 e. The molecule has 9 aromatic carbocycles. The lowest BCUT2D eigenvalue weighted by molar-refractivity contribution is 0.634. The van der Waals surface area contributed by atoms with Gasteiger partial charge in [-0.3, -0.25) is 0 Å². The van der Waals surface area contributed by atoms with Crippen molar-refractivity contribution in [3.63, 3.8) is 0 Å². The van der Waals surface area contributed by atoms with Crippen molar-refractivity contribution in [3.8, 4) is 22.3 Å². The van der Waals surface area contributed by atoms with Crippen LogP contribution in [-0.4, -0.2) is 6.85 Å². The van der Waals surface area contributed by atoms with Gasteiger partial charge in [0.1, 0.15) is 0 Å². The maximum atomic E-state index is 2.75. The molecular weight excluding hydrogens is 751 g/mol. The van der Waals surface area contributed by atoms with Crippen LogP contribution in [0.5, 0.6) is 0 Å². The van der Waals surface area contributed by atoms with E-state index in [0.717, 1.165) is 39.8 Å². The summed E-state index contributed by atoms with van der Waals surface area (Å²) in [4.78, 5) is 10.1. The summed E-state index contributed by atoms with van der Waals surface area (Å²) in [6.07, 6.45) is 0. The predicted molar refractivity (Wildman–Crippen MR) is 261 cm³/mol. The minimum absolute atomic E-state index is 0.00337. The minimum Gasteiger partial charge on any atom is -0.375 e. The van der Waals surface area contributed by atoms with E-state index in [9.17, 15) is 0 Å². The van der Waals surface area contributed by atoms with Crippen LogP contribution < -0.4 is 30.4 Å². The Kier molecular flexibility index (Phi) is 7.42. The zero-order valence-electron chi connectivity index (χ0n) is 34.6. The summed E-state index contributed by atoms with van der Waals surface area (Å²) < 4.78 is 0. The van der Waals surface area contributed by atoms with Crippen molar-refractivity contribution in [2.24, 2.45) is 0 Å². The predicted octanol–water partition coefficient (Wildman–Crippen LogP) is 14.0. The molecule has 4 aliphatic heterocycles. The van der Waals surface area contributed by atoms with E-state index >= 15 is 0 Å². The number of rotatable bonds is 7. The lowest BCUT2D eigenvalue weighted by Crippen LogP contribution is -2.65. The molecule has 4 nitrogen and oxygen atoms in total. The van der Waals surface area contributed by atoms with Gasteiger partial charge in [-0.05, 0) is 130 Å². The monoisotopic (exact) mass is 792 g/mol. The van der Waals surface area contributed by atoms with Crippen molar-refractivity contribution >= 4 is 80.3 Å². The molecule has 0 radical (unpaired) electrons. The standard InChI is InChI=1S/C57H41BN4/c1-57(2)49-36-43(59(38-20-8-3-9-21-38)39-22-10-4-11-23-39)34-47-45-30-18-32-51-53(45)58-54-46(31-19-33-52(54)61(51)42-28-16-7-17-29-42)48-35-44(37-50(57)56(48)62(58)55(47)49)60(40-24-12-5-13-25-40)41-26-14-6-15-27-41/h3-37H,1-2H3. The van der Waals surface area contributed by atoms with Gasteiger partial charge in [-0.25, -0.2) is 0 Å². The number of anilines is 11. The molecule has 292 valence electrons. The van der Waals surface area contributed by atoms with Crippen LogP contribution in [0.2, 0.25) is 0 Å². The van der Waals surface area contributed by atoms with E-state index in [2.05, 4.69) is 246 Å². The maximum Gasteiger partial charge on any atom is 0.333 e. The van der Waals surface area contributed by atoms with Crippen molar-refractivity contribution < 1.29 is 0 Å².